The van der Waals surface area contributed by atoms with Gasteiger partial charge in [0.2, 0.25) is 0 Å². The Labute approximate surface area is 251 Å². The molecule has 5 aromatic rings. The number of para-hydroxylation sites is 1. The van der Waals surface area contributed by atoms with E-state index in [1.54, 1.807) is 25.1 Å². The molecule has 0 saturated carbocycles. The zero-order valence-electron chi connectivity index (χ0n) is 22.7. The van der Waals surface area contributed by atoms with Crippen LogP contribution in [0.15, 0.2) is 121 Å². The van der Waals surface area contributed by atoms with E-state index in [2.05, 4.69) is 25.8 Å². The summed E-state index contributed by atoms with van der Waals surface area (Å²) in [4.78, 5) is -0.996. The van der Waals surface area contributed by atoms with Crippen LogP contribution < -0.4 is 5.32 Å². The van der Waals surface area contributed by atoms with E-state index in [1.165, 1.54) is 24.3 Å². The SMILES string of the molecule is Cc1cc(N=Nc2c(S(=O)(=O)O)cc3cc(Nc4ccccc4)ccc3c2O)c(O)cc1N=Nc1ccc(S(=O)(=O)O)cc1. The van der Waals surface area contributed by atoms with E-state index in [1.807, 2.05) is 30.3 Å². The molecule has 0 unspecified atom stereocenters. The number of hydrogen-bond donors (Lipinski definition) is 5. The Kier molecular flexibility index (Phi) is 8.12. The summed E-state index contributed by atoms with van der Waals surface area (Å²) in [6.45, 7) is 1.63. The second kappa shape index (κ2) is 11.8. The molecule has 5 aromatic carbocycles. The maximum absolute atomic E-state index is 12.3. The fourth-order valence-electron chi connectivity index (χ4n) is 4.17. The predicted octanol–water partition coefficient (Wildman–Crippen LogP) is 7.63. The lowest BCUT2D eigenvalue weighted by Crippen LogP contribution is -1.99. The highest BCUT2D eigenvalue weighted by Crippen LogP contribution is 2.43. The third-order valence-corrected chi connectivity index (χ3v) is 8.08. The molecule has 15 heteroatoms. The first kappa shape index (κ1) is 30.2. The Morgan fingerprint density at radius 1 is 0.659 bits per heavy atom. The fraction of sp³-hybridized carbons (Fsp3) is 0.0345. The van der Waals surface area contributed by atoms with Crippen molar-refractivity contribution in [2.24, 2.45) is 20.5 Å². The number of phenols is 2. The Hall–Kier alpha value is -5.22. The molecular formula is C29H23N5O8S2. The van der Waals surface area contributed by atoms with Gasteiger partial charge in [0.05, 0.1) is 16.3 Å². The molecule has 0 heterocycles. The van der Waals surface area contributed by atoms with Crippen molar-refractivity contribution in [1.29, 1.82) is 0 Å². The van der Waals surface area contributed by atoms with Crippen LogP contribution in [0.3, 0.4) is 0 Å². The molecule has 5 N–H and O–H groups in total. The van der Waals surface area contributed by atoms with Crippen LogP contribution in [-0.2, 0) is 20.2 Å². The minimum atomic E-state index is -4.86. The van der Waals surface area contributed by atoms with Crippen molar-refractivity contribution in [2.45, 2.75) is 16.7 Å². The molecule has 0 saturated heterocycles. The second-order valence-electron chi connectivity index (χ2n) is 9.47. The van der Waals surface area contributed by atoms with Gasteiger partial charge in [0.1, 0.15) is 22.0 Å². The Morgan fingerprint density at radius 3 is 2.00 bits per heavy atom. The number of nitrogens with zero attached hydrogens (tertiary/aromatic N) is 4. The summed E-state index contributed by atoms with van der Waals surface area (Å²) in [6, 6.07) is 22.8. The lowest BCUT2D eigenvalue weighted by molar-refractivity contribution is 0.471. The minimum absolute atomic E-state index is 0.0952. The largest absolute Gasteiger partial charge is 0.506 e. The third-order valence-electron chi connectivity index (χ3n) is 6.35. The lowest BCUT2D eigenvalue weighted by atomic mass is 10.1. The normalized spacial score (nSPS) is 12.3. The molecule has 13 nitrogen and oxygen atoms in total. The van der Waals surface area contributed by atoms with Gasteiger partial charge >= 0.3 is 0 Å². The van der Waals surface area contributed by atoms with Gasteiger partial charge in [-0.2, -0.15) is 27.1 Å². The Morgan fingerprint density at radius 2 is 1.34 bits per heavy atom. The van der Waals surface area contributed by atoms with E-state index in [0.29, 0.717) is 16.6 Å². The molecule has 0 radical (unpaired) electrons. The number of anilines is 2. The van der Waals surface area contributed by atoms with Gasteiger partial charge in [0.15, 0.2) is 5.75 Å². The highest BCUT2D eigenvalue weighted by Gasteiger charge is 2.22. The van der Waals surface area contributed by atoms with Gasteiger partial charge in [-0.3, -0.25) is 9.11 Å². The molecule has 0 aliphatic carbocycles. The molecular weight excluding hydrogens is 610 g/mol. The number of benzene rings is 5. The molecule has 0 amide bonds. The predicted molar refractivity (Wildman–Crippen MR) is 163 cm³/mol. The first-order valence-corrected chi connectivity index (χ1v) is 15.5. The molecule has 44 heavy (non-hydrogen) atoms. The van der Waals surface area contributed by atoms with E-state index >= 15 is 0 Å². The topological polar surface area (TPSA) is 211 Å². The van der Waals surface area contributed by atoms with Crippen LogP contribution in [0.2, 0.25) is 0 Å². The number of rotatable bonds is 8. The summed E-state index contributed by atoms with van der Waals surface area (Å²) in [5, 5.41) is 41.1. The van der Waals surface area contributed by atoms with Crippen LogP contribution in [0.25, 0.3) is 10.8 Å². The number of fused-ring (bicyclic) bond motifs is 1. The summed E-state index contributed by atoms with van der Waals surface area (Å²) < 4.78 is 65.9. The van der Waals surface area contributed by atoms with Crippen LogP contribution >= 0.6 is 0 Å². The molecule has 0 spiro atoms. The molecule has 0 aromatic heterocycles. The van der Waals surface area contributed by atoms with Crippen molar-refractivity contribution in [2.75, 3.05) is 5.32 Å². The standard InChI is InChI=1S/C29H23N5O8S2/c1-17-13-25(26(35)16-24(17)32-31-20-7-10-22(11-8-20)43(37,38)39)33-34-28-27(44(40,41)42)15-18-14-21(9-12-23(18)29(28)36)30-19-5-3-2-4-6-19/h2-16,30,35-36H,1H3,(H,37,38,39)(H,40,41,42). The van der Waals surface area contributed by atoms with E-state index in [9.17, 15) is 31.6 Å². The third kappa shape index (κ3) is 6.71. The average molecular weight is 634 g/mol. The number of azo groups is 2. The van der Waals surface area contributed by atoms with Crippen LogP contribution in [0.5, 0.6) is 11.5 Å². The highest BCUT2D eigenvalue weighted by atomic mass is 32.2. The Balaban J connectivity index is 1.46. The number of hydrogen-bond acceptors (Lipinski definition) is 11. The van der Waals surface area contributed by atoms with Gasteiger partial charge < -0.3 is 15.5 Å². The Bertz CT molecular complexity index is 2170. The van der Waals surface area contributed by atoms with Gasteiger partial charge in [-0.15, -0.1) is 10.2 Å². The van der Waals surface area contributed by atoms with Crippen LogP contribution in [0, 0.1) is 6.92 Å². The number of nitrogens with one attached hydrogen (secondary N) is 1. The van der Waals surface area contributed by atoms with Crippen molar-refractivity contribution in [3.8, 4) is 11.5 Å². The van der Waals surface area contributed by atoms with E-state index < -0.39 is 42.3 Å². The smallest absolute Gasteiger partial charge is 0.296 e. The summed E-state index contributed by atoms with van der Waals surface area (Å²) in [6.07, 6.45) is 0. The fourth-order valence-corrected chi connectivity index (χ4v) is 5.31. The molecule has 224 valence electrons. The quantitative estimate of drug-likeness (QED) is 0.0838. The molecule has 0 aliphatic rings. The molecule has 5 rings (SSSR count). The van der Waals surface area contributed by atoms with E-state index in [-0.39, 0.29) is 27.3 Å². The lowest BCUT2D eigenvalue weighted by Gasteiger charge is -2.11. The van der Waals surface area contributed by atoms with Gasteiger partial charge in [-0.05, 0) is 84.6 Å². The van der Waals surface area contributed by atoms with Crippen molar-refractivity contribution in [3.63, 3.8) is 0 Å². The highest BCUT2D eigenvalue weighted by molar-refractivity contribution is 7.86. The van der Waals surface area contributed by atoms with Gasteiger partial charge in [-0.25, -0.2) is 0 Å². The number of phenolic OH excluding ortho intramolecular Hbond substituents is 2. The summed E-state index contributed by atoms with van der Waals surface area (Å²) in [7, 11) is -9.22. The summed E-state index contributed by atoms with van der Waals surface area (Å²) >= 11 is 0. The van der Waals surface area contributed by atoms with Crippen LogP contribution in [-0.4, -0.2) is 36.2 Å². The second-order valence-corrected chi connectivity index (χ2v) is 12.3. The van der Waals surface area contributed by atoms with E-state index in [0.717, 1.165) is 23.9 Å². The monoisotopic (exact) mass is 633 g/mol. The van der Waals surface area contributed by atoms with Crippen molar-refractivity contribution in [1.82, 2.24) is 0 Å². The maximum atomic E-state index is 12.3. The van der Waals surface area contributed by atoms with Crippen LogP contribution in [0.4, 0.5) is 34.1 Å². The number of aromatic hydroxyl groups is 2. The molecule has 0 bridgehead atoms. The van der Waals surface area contributed by atoms with Crippen molar-refractivity contribution in [3.05, 3.63) is 96.6 Å². The minimum Gasteiger partial charge on any atom is -0.506 e. The first-order chi connectivity index (χ1) is 20.8. The first-order valence-electron chi connectivity index (χ1n) is 12.6. The molecule has 0 atom stereocenters. The number of aryl methyl sites for hydroxylation is 1. The van der Waals surface area contributed by atoms with E-state index in [4.69, 9.17) is 4.55 Å². The molecule has 0 fully saturated rings. The molecule has 0 aliphatic heterocycles. The van der Waals surface area contributed by atoms with Gasteiger partial charge in [-0.1, -0.05) is 18.2 Å². The van der Waals surface area contributed by atoms with Gasteiger partial charge in [0.25, 0.3) is 20.2 Å². The zero-order chi connectivity index (χ0) is 31.6. The maximum Gasteiger partial charge on any atom is 0.296 e. The average Bonchev–Trinajstić information content (AvgIpc) is 2.97. The van der Waals surface area contributed by atoms with Gasteiger partial charge in [0, 0.05) is 22.8 Å². The van der Waals surface area contributed by atoms with Crippen molar-refractivity contribution >= 4 is 65.1 Å². The summed E-state index contributed by atoms with van der Waals surface area (Å²) in [5.74, 6) is -0.952. The van der Waals surface area contributed by atoms with Crippen molar-refractivity contribution < 1.29 is 36.2 Å². The zero-order valence-corrected chi connectivity index (χ0v) is 24.3. The summed E-state index contributed by atoms with van der Waals surface area (Å²) in [5.41, 5.74) is 1.74. The van der Waals surface area contributed by atoms with Crippen LogP contribution in [0.1, 0.15) is 5.56 Å².